The van der Waals surface area contributed by atoms with Crippen LogP contribution in [-0.2, 0) is 0 Å². The molecule has 44 heavy (non-hydrogen) atoms. The Morgan fingerprint density at radius 1 is 0.318 bits per heavy atom. The molecule has 0 N–H and O–H groups in total. The molecule has 0 unspecified atom stereocenters. The Bertz CT molecular complexity index is 2430. The minimum absolute atomic E-state index is 0.899. The van der Waals surface area contributed by atoms with Crippen LogP contribution in [0.1, 0.15) is 0 Å². The summed E-state index contributed by atoms with van der Waals surface area (Å²) >= 11 is 0. The van der Waals surface area contributed by atoms with Crippen LogP contribution in [0.5, 0.6) is 0 Å². The molecule has 0 aliphatic heterocycles. The van der Waals surface area contributed by atoms with Gasteiger partial charge in [0, 0.05) is 27.8 Å². The van der Waals surface area contributed by atoms with E-state index in [9.17, 15) is 0 Å². The summed E-state index contributed by atoms with van der Waals surface area (Å²) in [5, 5.41) is 2.25. The molecule has 8 aromatic rings. The van der Waals surface area contributed by atoms with Crippen molar-refractivity contribution in [3.63, 3.8) is 0 Å². The monoisotopic (exact) mass is 559 g/mol. The van der Waals surface area contributed by atoms with E-state index in [1.165, 1.54) is 55.6 Å². The van der Waals surface area contributed by atoms with Crippen molar-refractivity contribution in [3.05, 3.63) is 152 Å². The maximum atomic E-state index is 6.19. The van der Waals surface area contributed by atoms with Crippen molar-refractivity contribution >= 4 is 39.0 Å². The van der Waals surface area contributed by atoms with Gasteiger partial charge in [0.2, 0.25) is 0 Å². The Balaban J connectivity index is 1.26. The summed E-state index contributed by atoms with van der Waals surface area (Å²) in [5.41, 5.74) is 18.1. The van der Waals surface area contributed by atoms with Crippen molar-refractivity contribution in [1.82, 2.24) is 0 Å². The first kappa shape index (κ1) is 23.7. The van der Waals surface area contributed by atoms with Gasteiger partial charge in [-0.05, 0) is 104 Å². The van der Waals surface area contributed by atoms with Crippen molar-refractivity contribution < 1.29 is 4.42 Å². The molecule has 2 aliphatic carbocycles. The molecule has 0 radical (unpaired) electrons. The van der Waals surface area contributed by atoms with Crippen LogP contribution in [0.15, 0.2) is 156 Å². The number of furan rings is 1. The molecule has 2 nitrogen and oxygen atoms in total. The van der Waals surface area contributed by atoms with Crippen molar-refractivity contribution in [2.75, 3.05) is 4.90 Å². The zero-order valence-corrected chi connectivity index (χ0v) is 23.8. The van der Waals surface area contributed by atoms with E-state index in [0.717, 1.165) is 39.0 Å². The molecule has 6 bridgehead atoms. The van der Waals surface area contributed by atoms with E-state index in [1.54, 1.807) is 0 Å². The fraction of sp³-hybridized carbons (Fsp3) is 0. The molecule has 0 amide bonds. The van der Waals surface area contributed by atoms with E-state index in [4.69, 9.17) is 4.42 Å². The predicted molar refractivity (Wildman–Crippen MR) is 183 cm³/mol. The maximum absolute atomic E-state index is 6.19. The van der Waals surface area contributed by atoms with Crippen LogP contribution in [-0.4, -0.2) is 0 Å². The highest BCUT2D eigenvalue weighted by molar-refractivity contribution is 6.15. The average Bonchev–Trinajstić information content (AvgIpc) is 3.41. The van der Waals surface area contributed by atoms with Gasteiger partial charge >= 0.3 is 0 Å². The highest BCUT2D eigenvalue weighted by Gasteiger charge is 2.31. The lowest BCUT2D eigenvalue weighted by Gasteiger charge is -2.27. The van der Waals surface area contributed by atoms with E-state index in [1.807, 2.05) is 12.1 Å². The Hall–Kier alpha value is -5.86. The number of fused-ring (bicyclic) bond motifs is 7. The van der Waals surface area contributed by atoms with Crippen LogP contribution < -0.4 is 4.90 Å². The van der Waals surface area contributed by atoms with E-state index in [2.05, 4.69) is 144 Å². The standard InChI is InChI=1S/C42H25NO/c1-2-10-26(11-3-1)43(28-21-23-40-37(24-28)31-13-6-7-19-39(31)44-40)27-20-22-30-34-16-9-17-35-36-18-8-15-33(42(36)38(30)25-27)29-12-4-5-14-32(29)41(34)35/h1-25H. The highest BCUT2D eigenvalue weighted by atomic mass is 16.3. The van der Waals surface area contributed by atoms with E-state index in [0.29, 0.717) is 0 Å². The number of nitrogens with zero attached hydrogens (tertiary/aromatic N) is 1. The van der Waals surface area contributed by atoms with Crippen LogP contribution >= 0.6 is 0 Å². The van der Waals surface area contributed by atoms with Gasteiger partial charge in [0.25, 0.3) is 0 Å². The third kappa shape index (κ3) is 3.20. The third-order valence-corrected chi connectivity index (χ3v) is 9.36. The van der Waals surface area contributed by atoms with E-state index in [-0.39, 0.29) is 0 Å². The van der Waals surface area contributed by atoms with Gasteiger partial charge in [0.1, 0.15) is 11.2 Å². The van der Waals surface area contributed by atoms with Crippen molar-refractivity contribution in [3.8, 4) is 55.6 Å². The van der Waals surface area contributed by atoms with E-state index >= 15 is 0 Å². The summed E-state index contributed by atoms with van der Waals surface area (Å²) in [6.45, 7) is 0. The first-order valence-corrected chi connectivity index (χ1v) is 15.1. The topological polar surface area (TPSA) is 16.4 Å². The quantitative estimate of drug-likeness (QED) is 0.214. The minimum Gasteiger partial charge on any atom is -0.456 e. The molecule has 204 valence electrons. The summed E-state index contributed by atoms with van der Waals surface area (Å²) in [4.78, 5) is 2.37. The zero-order valence-electron chi connectivity index (χ0n) is 23.8. The molecule has 1 heterocycles. The van der Waals surface area contributed by atoms with Gasteiger partial charge in [0.05, 0.1) is 0 Å². The summed E-state index contributed by atoms with van der Waals surface area (Å²) in [7, 11) is 0. The summed E-state index contributed by atoms with van der Waals surface area (Å²) in [6.07, 6.45) is 0. The smallest absolute Gasteiger partial charge is 0.135 e. The second kappa shape index (κ2) is 8.82. The first-order valence-electron chi connectivity index (χ1n) is 15.1. The van der Waals surface area contributed by atoms with Gasteiger partial charge in [0.15, 0.2) is 0 Å². The van der Waals surface area contributed by atoms with Gasteiger partial charge < -0.3 is 9.32 Å². The molecule has 10 rings (SSSR count). The zero-order chi connectivity index (χ0) is 28.8. The number of anilines is 3. The fourth-order valence-corrected chi connectivity index (χ4v) is 7.51. The largest absolute Gasteiger partial charge is 0.456 e. The highest BCUT2D eigenvalue weighted by Crippen LogP contribution is 2.57. The molecule has 7 aromatic carbocycles. The molecule has 0 spiro atoms. The van der Waals surface area contributed by atoms with E-state index < -0.39 is 0 Å². The first-order chi connectivity index (χ1) is 21.8. The van der Waals surface area contributed by atoms with Gasteiger partial charge in [-0.2, -0.15) is 0 Å². The molecule has 0 saturated carbocycles. The Morgan fingerprint density at radius 2 is 0.864 bits per heavy atom. The third-order valence-electron chi connectivity index (χ3n) is 9.36. The molecule has 0 fully saturated rings. The maximum Gasteiger partial charge on any atom is 0.135 e. The summed E-state index contributed by atoms with van der Waals surface area (Å²) in [5.74, 6) is 0. The lowest BCUT2D eigenvalue weighted by Crippen LogP contribution is -2.10. The Kier molecular flexibility index (Phi) is 4.75. The molecule has 2 heteroatoms. The van der Waals surface area contributed by atoms with Gasteiger partial charge in [-0.25, -0.2) is 0 Å². The molecular formula is C42H25NO. The molecule has 0 atom stereocenters. The number of rotatable bonds is 3. The predicted octanol–water partition coefficient (Wildman–Crippen LogP) is 12.0. The summed E-state index contributed by atoms with van der Waals surface area (Å²) < 4.78 is 6.19. The van der Waals surface area contributed by atoms with Crippen molar-refractivity contribution in [2.45, 2.75) is 0 Å². The molecule has 1 aromatic heterocycles. The van der Waals surface area contributed by atoms with Crippen LogP contribution in [0.25, 0.3) is 77.6 Å². The van der Waals surface area contributed by atoms with Crippen LogP contribution in [0.4, 0.5) is 17.1 Å². The second-order valence-electron chi connectivity index (χ2n) is 11.7. The van der Waals surface area contributed by atoms with Crippen molar-refractivity contribution in [2.24, 2.45) is 0 Å². The number of hydrogen-bond acceptors (Lipinski definition) is 2. The SMILES string of the molecule is c1ccc(N(c2ccc3c(c2)-c2c4cccc2-c2cccc-3c2-c2ccccc2-4)c2ccc3oc4ccccc4c3c2)cc1. The molecule has 2 aliphatic rings. The number of para-hydroxylation sites is 2. The number of hydrogen-bond donors (Lipinski definition) is 0. The second-order valence-corrected chi connectivity index (χ2v) is 11.7. The molecule has 0 saturated heterocycles. The minimum atomic E-state index is 0.899. The van der Waals surface area contributed by atoms with Crippen LogP contribution in [0, 0.1) is 0 Å². The fourth-order valence-electron chi connectivity index (χ4n) is 7.51. The Morgan fingerprint density at radius 3 is 1.66 bits per heavy atom. The number of benzene rings is 7. The average molecular weight is 560 g/mol. The van der Waals surface area contributed by atoms with Crippen molar-refractivity contribution in [1.29, 1.82) is 0 Å². The lowest BCUT2D eigenvalue weighted by molar-refractivity contribution is 0.669. The lowest BCUT2D eigenvalue weighted by atomic mass is 9.83. The van der Waals surface area contributed by atoms with Gasteiger partial charge in [-0.15, -0.1) is 0 Å². The molecular weight excluding hydrogens is 534 g/mol. The van der Waals surface area contributed by atoms with Gasteiger partial charge in [-0.1, -0.05) is 103 Å². The van der Waals surface area contributed by atoms with Gasteiger partial charge in [-0.3, -0.25) is 0 Å². The van der Waals surface area contributed by atoms with Crippen LogP contribution in [0.3, 0.4) is 0 Å². The Labute approximate surface area is 255 Å². The van der Waals surface area contributed by atoms with Crippen LogP contribution in [0.2, 0.25) is 0 Å². The normalized spacial score (nSPS) is 12.1. The summed E-state index contributed by atoms with van der Waals surface area (Å²) in [6, 6.07) is 54.9.